The van der Waals surface area contributed by atoms with Crippen LogP contribution in [-0.2, 0) is 0 Å². The standard InChI is InChI=1S/C22H15NO3S/c24-21(17-6-5-14-3-1-2-4-15(14)11-17)23-20-8-7-16(12-19(20)22(25)26)18-9-10-27-13-18/h1-13H,(H,23,24)(H,25,26). The van der Waals surface area contributed by atoms with Gasteiger partial charge < -0.3 is 10.4 Å². The van der Waals surface area contributed by atoms with E-state index in [0.29, 0.717) is 5.56 Å². The van der Waals surface area contributed by atoms with Crippen LogP contribution in [0.5, 0.6) is 0 Å². The average Bonchev–Trinajstić information content (AvgIpc) is 3.22. The molecule has 4 nitrogen and oxygen atoms in total. The van der Waals surface area contributed by atoms with E-state index in [4.69, 9.17) is 0 Å². The van der Waals surface area contributed by atoms with E-state index in [1.807, 2.05) is 53.2 Å². The van der Waals surface area contributed by atoms with Gasteiger partial charge in [0.1, 0.15) is 0 Å². The molecule has 0 atom stereocenters. The molecule has 4 aromatic rings. The Morgan fingerprint density at radius 1 is 0.852 bits per heavy atom. The highest BCUT2D eigenvalue weighted by atomic mass is 32.1. The number of carboxylic acid groups (broad SMARTS) is 1. The van der Waals surface area contributed by atoms with Crippen molar-refractivity contribution in [2.45, 2.75) is 0 Å². The van der Waals surface area contributed by atoms with E-state index >= 15 is 0 Å². The number of carbonyl (C=O) groups is 2. The molecule has 0 unspecified atom stereocenters. The SMILES string of the molecule is O=C(Nc1ccc(-c2ccsc2)cc1C(=O)O)c1ccc2ccccc2c1. The number of thiophene rings is 1. The van der Waals surface area contributed by atoms with Gasteiger partial charge in [0.05, 0.1) is 11.3 Å². The summed E-state index contributed by atoms with van der Waals surface area (Å²) < 4.78 is 0. The lowest BCUT2D eigenvalue weighted by atomic mass is 10.0. The summed E-state index contributed by atoms with van der Waals surface area (Å²) >= 11 is 1.54. The predicted molar refractivity (Wildman–Crippen MR) is 109 cm³/mol. The number of anilines is 1. The van der Waals surface area contributed by atoms with Gasteiger partial charge in [-0.15, -0.1) is 0 Å². The molecule has 1 aromatic heterocycles. The zero-order valence-corrected chi connectivity index (χ0v) is 15.0. The fourth-order valence-corrected chi connectivity index (χ4v) is 3.63. The summed E-state index contributed by atoms with van der Waals surface area (Å²) in [6, 6.07) is 20.1. The average molecular weight is 373 g/mol. The van der Waals surface area contributed by atoms with Crippen molar-refractivity contribution < 1.29 is 14.7 Å². The molecule has 1 amide bonds. The number of nitrogens with one attached hydrogen (secondary N) is 1. The predicted octanol–water partition coefficient (Wildman–Crippen LogP) is 5.52. The Morgan fingerprint density at radius 2 is 1.67 bits per heavy atom. The maximum atomic E-state index is 12.6. The third kappa shape index (κ3) is 3.45. The monoisotopic (exact) mass is 373 g/mol. The van der Waals surface area contributed by atoms with Gasteiger partial charge >= 0.3 is 5.97 Å². The minimum atomic E-state index is -1.08. The Kier molecular flexibility index (Phi) is 4.44. The van der Waals surface area contributed by atoms with Crippen LogP contribution in [0.1, 0.15) is 20.7 Å². The first-order valence-corrected chi connectivity index (χ1v) is 9.26. The van der Waals surface area contributed by atoms with Gasteiger partial charge in [0.25, 0.3) is 5.91 Å². The first-order valence-electron chi connectivity index (χ1n) is 8.32. The molecule has 27 heavy (non-hydrogen) atoms. The molecule has 0 aliphatic rings. The van der Waals surface area contributed by atoms with Crippen molar-refractivity contribution in [2.24, 2.45) is 0 Å². The van der Waals surface area contributed by atoms with Gasteiger partial charge in [0.15, 0.2) is 0 Å². The van der Waals surface area contributed by atoms with Gasteiger partial charge in [-0.25, -0.2) is 4.79 Å². The third-order valence-corrected chi connectivity index (χ3v) is 5.05. The van der Waals surface area contributed by atoms with Crippen molar-refractivity contribution in [2.75, 3.05) is 5.32 Å². The Balaban J connectivity index is 1.66. The van der Waals surface area contributed by atoms with Gasteiger partial charge in [0, 0.05) is 5.56 Å². The Morgan fingerprint density at radius 3 is 2.41 bits per heavy atom. The molecule has 0 saturated carbocycles. The highest BCUT2D eigenvalue weighted by Gasteiger charge is 2.15. The summed E-state index contributed by atoms with van der Waals surface area (Å²) in [4.78, 5) is 24.3. The largest absolute Gasteiger partial charge is 0.478 e. The number of aromatic carboxylic acids is 1. The Bertz CT molecular complexity index is 1150. The van der Waals surface area contributed by atoms with Gasteiger partial charge in [-0.1, -0.05) is 36.4 Å². The van der Waals surface area contributed by atoms with E-state index in [-0.39, 0.29) is 17.2 Å². The van der Waals surface area contributed by atoms with Crippen LogP contribution < -0.4 is 5.32 Å². The summed E-state index contributed by atoms with van der Waals surface area (Å²) in [6.07, 6.45) is 0. The summed E-state index contributed by atoms with van der Waals surface area (Å²) in [5.41, 5.74) is 2.58. The topological polar surface area (TPSA) is 66.4 Å². The second kappa shape index (κ2) is 7.05. The van der Waals surface area contributed by atoms with Crippen LogP contribution in [0.2, 0.25) is 0 Å². The normalized spacial score (nSPS) is 10.7. The minimum Gasteiger partial charge on any atom is -0.478 e. The molecule has 0 radical (unpaired) electrons. The lowest BCUT2D eigenvalue weighted by Crippen LogP contribution is -2.14. The van der Waals surface area contributed by atoms with Crippen molar-refractivity contribution in [1.82, 2.24) is 0 Å². The number of carbonyl (C=O) groups excluding carboxylic acids is 1. The molecule has 0 aliphatic carbocycles. The third-order valence-electron chi connectivity index (χ3n) is 4.36. The van der Waals surface area contributed by atoms with E-state index < -0.39 is 5.97 Å². The highest BCUT2D eigenvalue weighted by Crippen LogP contribution is 2.27. The van der Waals surface area contributed by atoms with E-state index in [2.05, 4.69) is 5.32 Å². The fraction of sp³-hybridized carbons (Fsp3) is 0. The summed E-state index contributed by atoms with van der Waals surface area (Å²) in [7, 11) is 0. The molecular formula is C22H15NO3S. The Labute approximate surface area is 159 Å². The molecule has 1 heterocycles. The second-order valence-electron chi connectivity index (χ2n) is 6.09. The van der Waals surface area contributed by atoms with Crippen LogP contribution in [0.25, 0.3) is 21.9 Å². The molecule has 0 bridgehead atoms. The number of fused-ring (bicyclic) bond motifs is 1. The summed E-state index contributed by atoms with van der Waals surface area (Å²) in [6.45, 7) is 0. The first kappa shape index (κ1) is 17.0. The number of benzene rings is 3. The zero-order chi connectivity index (χ0) is 18.8. The second-order valence-corrected chi connectivity index (χ2v) is 6.87. The first-order chi connectivity index (χ1) is 13.1. The van der Waals surface area contributed by atoms with E-state index in [0.717, 1.165) is 21.9 Å². The summed E-state index contributed by atoms with van der Waals surface area (Å²) in [5.74, 6) is -1.42. The van der Waals surface area contributed by atoms with Crippen LogP contribution in [-0.4, -0.2) is 17.0 Å². The molecule has 0 spiro atoms. The van der Waals surface area contributed by atoms with Gasteiger partial charge in [-0.3, -0.25) is 4.79 Å². The van der Waals surface area contributed by atoms with Crippen molar-refractivity contribution in [3.05, 3.63) is 88.6 Å². The van der Waals surface area contributed by atoms with Crippen LogP contribution >= 0.6 is 11.3 Å². The van der Waals surface area contributed by atoms with Crippen molar-refractivity contribution in [1.29, 1.82) is 0 Å². The molecule has 4 rings (SSSR count). The lowest BCUT2D eigenvalue weighted by Gasteiger charge is -2.11. The van der Waals surface area contributed by atoms with Crippen LogP contribution in [0.15, 0.2) is 77.5 Å². The van der Waals surface area contributed by atoms with Crippen molar-refractivity contribution in [3.8, 4) is 11.1 Å². The molecule has 3 aromatic carbocycles. The van der Waals surface area contributed by atoms with Gasteiger partial charge in [-0.2, -0.15) is 11.3 Å². The van der Waals surface area contributed by atoms with E-state index in [1.54, 1.807) is 35.6 Å². The number of hydrogen-bond acceptors (Lipinski definition) is 3. The molecule has 0 fully saturated rings. The summed E-state index contributed by atoms with van der Waals surface area (Å²) in [5, 5.41) is 18.2. The maximum Gasteiger partial charge on any atom is 0.337 e. The highest BCUT2D eigenvalue weighted by molar-refractivity contribution is 7.08. The molecular weight excluding hydrogens is 358 g/mol. The molecule has 2 N–H and O–H groups in total. The maximum absolute atomic E-state index is 12.6. The minimum absolute atomic E-state index is 0.0628. The number of hydrogen-bond donors (Lipinski definition) is 2. The van der Waals surface area contributed by atoms with Gasteiger partial charge in [0.2, 0.25) is 0 Å². The molecule has 0 saturated heterocycles. The van der Waals surface area contributed by atoms with E-state index in [1.165, 1.54) is 0 Å². The number of rotatable bonds is 4. The molecule has 5 heteroatoms. The number of carboxylic acids is 1. The molecule has 0 aliphatic heterocycles. The lowest BCUT2D eigenvalue weighted by molar-refractivity contribution is 0.0698. The smallest absolute Gasteiger partial charge is 0.337 e. The van der Waals surface area contributed by atoms with Crippen molar-refractivity contribution in [3.63, 3.8) is 0 Å². The molecule has 132 valence electrons. The number of amides is 1. The van der Waals surface area contributed by atoms with Crippen molar-refractivity contribution >= 4 is 39.7 Å². The van der Waals surface area contributed by atoms with Crippen LogP contribution in [0, 0.1) is 0 Å². The quantitative estimate of drug-likeness (QED) is 0.495. The zero-order valence-electron chi connectivity index (χ0n) is 14.2. The fourth-order valence-electron chi connectivity index (χ4n) is 2.96. The van der Waals surface area contributed by atoms with Crippen LogP contribution in [0.4, 0.5) is 5.69 Å². The van der Waals surface area contributed by atoms with Crippen LogP contribution in [0.3, 0.4) is 0 Å². The van der Waals surface area contributed by atoms with E-state index in [9.17, 15) is 14.7 Å². The van der Waals surface area contributed by atoms with Gasteiger partial charge in [-0.05, 0) is 63.0 Å². The Hall–Kier alpha value is -3.44.